The summed E-state index contributed by atoms with van der Waals surface area (Å²) >= 11 is 1.83. The van der Waals surface area contributed by atoms with E-state index in [4.69, 9.17) is 0 Å². The molecule has 0 saturated carbocycles. The average Bonchev–Trinajstić information content (AvgIpc) is 2.15. The maximum atomic E-state index is 4.20. The van der Waals surface area contributed by atoms with E-state index in [1.807, 2.05) is 31.2 Å². The van der Waals surface area contributed by atoms with Crippen LogP contribution in [-0.4, -0.2) is 17.8 Å². The molecule has 0 atom stereocenters. The molecule has 0 aromatic carbocycles. The molecule has 0 fully saturated rings. The first-order chi connectivity index (χ1) is 5.91. The lowest BCUT2D eigenvalue weighted by molar-refractivity contribution is 0.898. The minimum atomic E-state index is 0.985. The molecule has 0 unspecified atom stereocenters. The van der Waals surface area contributed by atoms with E-state index in [1.165, 1.54) is 18.6 Å². The lowest BCUT2D eigenvalue weighted by atomic mass is 10.4. The predicted octanol–water partition coefficient (Wildman–Crippen LogP) is 3.98. The molecule has 2 heteroatoms. The van der Waals surface area contributed by atoms with Gasteiger partial charge in [-0.05, 0) is 18.6 Å². The van der Waals surface area contributed by atoms with Crippen molar-refractivity contribution >= 4 is 17.3 Å². The third-order valence-electron chi connectivity index (χ3n) is 1.12. The van der Waals surface area contributed by atoms with Crippen molar-refractivity contribution in [1.29, 1.82) is 0 Å². The Morgan fingerprint density at radius 3 is 2.33 bits per heavy atom. The van der Waals surface area contributed by atoms with Crippen LogP contribution >= 0.6 is 11.8 Å². The number of unbranched alkanes of at least 4 members (excludes halogenated alkanes) is 1. The third kappa shape index (κ3) is 16.5. The summed E-state index contributed by atoms with van der Waals surface area (Å²) in [6, 6.07) is 0. The molecular weight excluding hydrogens is 166 g/mol. The molecule has 0 saturated heterocycles. The van der Waals surface area contributed by atoms with Gasteiger partial charge in [-0.15, -0.1) is 11.8 Å². The van der Waals surface area contributed by atoms with Gasteiger partial charge in [-0.3, -0.25) is 4.99 Å². The standard InChI is InChI=1S/C8H17NS.C2H6/c1-3-5-7-10-8-9-6-4-2;1-2/h8H,3-7H2,1-2H3;1-2H3. The summed E-state index contributed by atoms with van der Waals surface area (Å²) < 4.78 is 0. The van der Waals surface area contributed by atoms with Gasteiger partial charge in [0.2, 0.25) is 0 Å². The largest absolute Gasteiger partial charge is 0.286 e. The van der Waals surface area contributed by atoms with Crippen LogP contribution in [0.15, 0.2) is 4.99 Å². The number of nitrogens with zero attached hydrogens (tertiary/aromatic N) is 1. The lowest BCUT2D eigenvalue weighted by Gasteiger charge is -1.90. The van der Waals surface area contributed by atoms with Crippen molar-refractivity contribution in [2.24, 2.45) is 4.99 Å². The number of rotatable bonds is 6. The van der Waals surface area contributed by atoms with Crippen LogP contribution in [0.25, 0.3) is 0 Å². The van der Waals surface area contributed by atoms with Gasteiger partial charge < -0.3 is 0 Å². The summed E-state index contributed by atoms with van der Waals surface area (Å²) in [5, 5.41) is 0. The molecule has 0 aliphatic heterocycles. The van der Waals surface area contributed by atoms with Crippen LogP contribution in [0.2, 0.25) is 0 Å². The first-order valence-electron chi connectivity index (χ1n) is 5.01. The van der Waals surface area contributed by atoms with Crippen molar-refractivity contribution < 1.29 is 0 Å². The number of aliphatic imine (C=N–C) groups is 1. The second kappa shape index (κ2) is 17.2. The van der Waals surface area contributed by atoms with Gasteiger partial charge in [0, 0.05) is 6.54 Å². The summed E-state index contributed by atoms with van der Waals surface area (Å²) in [6.07, 6.45) is 3.75. The SMILES string of the molecule is CC.CCCCSC=NCCC. The number of hydrogen-bond donors (Lipinski definition) is 0. The van der Waals surface area contributed by atoms with Crippen LogP contribution in [0.1, 0.15) is 47.0 Å². The predicted molar refractivity (Wildman–Crippen MR) is 62.4 cm³/mol. The monoisotopic (exact) mass is 189 g/mol. The van der Waals surface area contributed by atoms with Gasteiger partial charge in [0.05, 0.1) is 5.55 Å². The highest BCUT2D eigenvalue weighted by Gasteiger charge is 1.81. The van der Waals surface area contributed by atoms with Gasteiger partial charge in [-0.25, -0.2) is 0 Å². The molecule has 1 nitrogen and oxygen atoms in total. The maximum Gasteiger partial charge on any atom is 0.0541 e. The number of hydrogen-bond acceptors (Lipinski definition) is 2. The highest BCUT2D eigenvalue weighted by Crippen LogP contribution is 1.99. The zero-order valence-corrected chi connectivity index (χ0v) is 9.78. The fourth-order valence-electron chi connectivity index (χ4n) is 0.515. The molecule has 0 rings (SSSR count). The van der Waals surface area contributed by atoms with Crippen molar-refractivity contribution in [3.05, 3.63) is 0 Å². The van der Waals surface area contributed by atoms with Gasteiger partial charge in [-0.1, -0.05) is 34.1 Å². The summed E-state index contributed by atoms with van der Waals surface area (Å²) in [4.78, 5) is 4.20. The van der Waals surface area contributed by atoms with Gasteiger partial charge >= 0.3 is 0 Å². The van der Waals surface area contributed by atoms with E-state index < -0.39 is 0 Å². The minimum Gasteiger partial charge on any atom is -0.286 e. The Kier molecular flexibility index (Phi) is 20.8. The van der Waals surface area contributed by atoms with Crippen LogP contribution < -0.4 is 0 Å². The smallest absolute Gasteiger partial charge is 0.0541 e. The Morgan fingerprint density at radius 2 is 1.83 bits per heavy atom. The summed E-state index contributed by atoms with van der Waals surface area (Å²) in [7, 11) is 0. The van der Waals surface area contributed by atoms with E-state index >= 15 is 0 Å². The molecular formula is C10H23NS. The zero-order valence-electron chi connectivity index (χ0n) is 8.97. The Bertz CT molecular complexity index is 81.9. The Hall–Kier alpha value is 0.0200. The van der Waals surface area contributed by atoms with Crippen LogP contribution in [0.4, 0.5) is 0 Å². The first-order valence-corrected chi connectivity index (χ1v) is 6.06. The van der Waals surface area contributed by atoms with Crippen LogP contribution in [0, 0.1) is 0 Å². The van der Waals surface area contributed by atoms with E-state index in [1.54, 1.807) is 0 Å². The molecule has 0 heterocycles. The average molecular weight is 189 g/mol. The van der Waals surface area contributed by atoms with E-state index in [0.717, 1.165) is 13.0 Å². The topological polar surface area (TPSA) is 12.4 Å². The van der Waals surface area contributed by atoms with E-state index in [0.29, 0.717) is 0 Å². The van der Waals surface area contributed by atoms with Crippen molar-refractivity contribution in [2.45, 2.75) is 47.0 Å². The van der Waals surface area contributed by atoms with Crippen LogP contribution in [-0.2, 0) is 0 Å². The second-order valence-corrected chi connectivity index (χ2v) is 3.19. The summed E-state index contributed by atoms with van der Waals surface area (Å²) in [5.41, 5.74) is 1.99. The Labute approximate surface area is 82.0 Å². The highest BCUT2D eigenvalue weighted by atomic mass is 32.2. The summed E-state index contributed by atoms with van der Waals surface area (Å²) in [6.45, 7) is 9.34. The zero-order chi connectivity index (χ0) is 9.66. The molecule has 12 heavy (non-hydrogen) atoms. The van der Waals surface area contributed by atoms with Crippen LogP contribution in [0.3, 0.4) is 0 Å². The number of thioether (sulfide) groups is 1. The van der Waals surface area contributed by atoms with E-state index in [2.05, 4.69) is 18.8 Å². The Morgan fingerprint density at radius 1 is 1.17 bits per heavy atom. The van der Waals surface area contributed by atoms with E-state index in [-0.39, 0.29) is 0 Å². The van der Waals surface area contributed by atoms with Crippen molar-refractivity contribution in [3.8, 4) is 0 Å². The molecule has 0 aliphatic rings. The molecule has 0 amide bonds. The summed E-state index contributed by atoms with van der Waals surface area (Å²) in [5.74, 6) is 1.23. The van der Waals surface area contributed by atoms with Gasteiger partial charge in [-0.2, -0.15) is 0 Å². The second-order valence-electron chi connectivity index (χ2n) is 2.24. The quantitative estimate of drug-likeness (QED) is 0.350. The molecule has 0 aromatic heterocycles. The maximum absolute atomic E-state index is 4.20. The highest BCUT2D eigenvalue weighted by molar-refractivity contribution is 8.12. The van der Waals surface area contributed by atoms with Crippen molar-refractivity contribution in [2.75, 3.05) is 12.3 Å². The van der Waals surface area contributed by atoms with Gasteiger partial charge in [0.15, 0.2) is 0 Å². The lowest BCUT2D eigenvalue weighted by Crippen LogP contribution is -1.78. The van der Waals surface area contributed by atoms with Gasteiger partial charge in [0.1, 0.15) is 0 Å². The van der Waals surface area contributed by atoms with Crippen molar-refractivity contribution in [3.63, 3.8) is 0 Å². The fourth-order valence-corrected chi connectivity index (χ4v) is 1.29. The first kappa shape index (κ1) is 14.5. The van der Waals surface area contributed by atoms with Gasteiger partial charge in [0.25, 0.3) is 0 Å². The molecule has 0 radical (unpaired) electrons. The fraction of sp³-hybridized carbons (Fsp3) is 0.900. The molecule has 74 valence electrons. The molecule has 0 N–H and O–H groups in total. The minimum absolute atomic E-state index is 0.985. The van der Waals surface area contributed by atoms with E-state index in [9.17, 15) is 0 Å². The third-order valence-corrected chi connectivity index (χ3v) is 1.94. The van der Waals surface area contributed by atoms with Crippen molar-refractivity contribution in [1.82, 2.24) is 0 Å². The van der Waals surface area contributed by atoms with Crippen LogP contribution in [0.5, 0.6) is 0 Å². The molecule has 0 bridgehead atoms. The molecule has 0 aromatic rings. The Balaban J connectivity index is 0. The molecule has 0 aliphatic carbocycles. The molecule has 0 spiro atoms. The normalized spacial score (nSPS) is 9.67.